The predicted octanol–water partition coefficient (Wildman–Crippen LogP) is 3.18. The van der Waals surface area contributed by atoms with Crippen LogP contribution in [0.15, 0.2) is 53.2 Å². The van der Waals surface area contributed by atoms with Crippen LogP contribution in [0.25, 0.3) is 23.2 Å². The molecule has 146 valence electrons. The molecule has 4 rings (SSSR count). The quantitative estimate of drug-likeness (QED) is 0.556. The van der Waals surface area contributed by atoms with Crippen LogP contribution in [0.3, 0.4) is 0 Å². The van der Waals surface area contributed by atoms with E-state index in [1.165, 1.54) is 12.3 Å². The summed E-state index contributed by atoms with van der Waals surface area (Å²) >= 11 is 0. The van der Waals surface area contributed by atoms with Crippen LogP contribution in [0.2, 0.25) is 0 Å². The third-order valence-corrected chi connectivity index (χ3v) is 3.85. The summed E-state index contributed by atoms with van der Waals surface area (Å²) in [6.07, 6.45) is -3.05. The first-order valence-electron chi connectivity index (χ1n) is 8.31. The smallest absolute Gasteiger partial charge is 0.368 e. The Morgan fingerprint density at radius 2 is 1.69 bits per heavy atom. The van der Waals surface area contributed by atoms with Gasteiger partial charge < -0.3 is 10.3 Å². The highest BCUT2D eigenvalue weighted by atomic mass is 19.4. The summed E-state index contributed by atoms with van der Waals surface area (Å²) in [6.45, 7) is 0. The number of halogens is 3. The van der Waals surface area contributed by atoms with Crippen molar-refractivity contribution in [2.45, 2.75) is 12.6 Å². The molecule has 0 aliphatic heterocycles. The topological polar surface area (TPSA) is 116 Å². The first kappa shape index (κ1) is 18.5. The summed E-state index contributed by atoms with van der Waals surface area (Å²) in [5, 5.41) is 3.67. The van der Waals surface area contributed by atoms with Crippen LogP contribution in [-0.4, -0.2) is 30.1 Å². The van der Waals surface area contributed by atoms with Crippen LogP contribution < -0.4 is 5.73 Å². The highest BCUT2D eigenvalue weighted by Crippen LogP contribution is 2.35. The Labute approximate surface area is 161 Å². The molecule has 0 fully saturated rings. The van der Waals surface area contributed by atoms with Crippen LogP contribution in [0.4, 0.5) is 19.1 Å². The largest absolute Gasteiger partial charge is 0.418 e. The minimum atomic E-state index is -4.63. The van der Waals surface area contributed by atoms with E-state index in [2.05, 4.69) is 30.1 Å². The average Bonchev–Trinajstić information content (AvgIpc) is 3.18. The standard InChI is InChI=1S/C18H12F3N7O/c19-18(20,21)11-7-4-8-23-13(11)16-26-15(28-29-16)14-24-12(25-17(22)27-14)9-10-5-2-1-3-6-10/h1-8H,9H2,(H2,22,24,25,27). The van der Waals surface area contributed by atoms with Gasteiger partial charge in [0.05, 0.1) is 5.56 Å². The van der Waals surface area contributed by atoms with Gasteiger partial charge in [0.2, 0.25) is 17.6 Å². The first-order valence-corrected chi connectivity index (χ1v) is 8.31. The zero-order chi connectivity index (χ0) is 20.4. The molecule has 4 aromatic rings. The first-order chi connectivity index (χ1) is 13.9. The molecule has 29 heavy (non-hydrogen) atoms. The summed E-state index contributed by atoms with van der Waals surface area (Å²) in [6, 6.07) is 11.5. The molecule has 0 radical (unpaired) electrons. The molecule has 0 aliphatic rings. The van der Waals surface area contributed by atoms with Crippen molar-refractivity contribution in [3.05, 3.63) is 65.6 Å². The molecule has 0 amide bonds. The molecule has 8 nitrogen and oxygen atoms in total. The maximum atomic E-state index is 13.2. The van der Waals surface area contributed by atoms with E-state index in [9.17, 15) is 13.2 Å². The second-order valence-electron chi connectivity index (χ2n) is 5.92. The molecule has 0 spiro atoms. The van der Waals surface area contributed by atoms with E-state index < -0.39 is 23.3 Å². The van der Waals surface area contributed by atoms with Gasteiger partial charge in [-0.25, -0.2) is 4.98 Å². The maximum absolute atomic E-state index is 13.2. The van der Waals surface area contributed by atoms with Crippen LogP contribution in [0.5, 0.6) is 0 Å². The van der Waals surface area contributed by atoms with E-state index in [0.717, 1.165) is 11.6 Å². The van der Waals surface area contributed by atoms with Crippen molar-refractivity contribution in [3.63, 3.8) is 0 Å². The zero-order valence-corrected chi connectivity index (χ0v) is 14.6. The van der Waals surface area contributed by atoms with Gasteiger partial charge in [0.1, 0.15) is 11.5 Å². The van der Waals surface area contributed by atoms with E-state index in [1.54, 1.807) is 0 Å². The fourth-order valence-electron chi connectivity index (χ4n) is 2.61. The Hall–Kier alpha value is -3.89. The van der Waals surface area contributed by atoms with E-state index in [4.69, 9.17) is 10.3 Å². The summed E-state index contributed by atoms with van der Waals surface area (Å²) < 4.78 is 44.6. The van der Waals surface area contributed by atoms with Crippen molar-refractivity contribution in [3.8, 4) is 23.2 Å². The van der Waals surface area contributed by atoms with E-state index in [1.807, 2.05) is 30.3 Å². The molecule has 11 heteroatoms. The number of pyridine rings is 1. The van der Waals surface area contributed by atoms with Crippen LogP contribution >= 0.6 is 0 Å². The third kappa shape index (κ3) is 4.03. The van der Waals surface area contributed by atoms with Gasteiger partial charge in [-0.05, 0) is 17.7 Å². The Morgan fingerprint density at radius 3 is 2.45 bits per heavy atom. The zero-order valence-electron chi connectivity index (χ0n) is 14.6. The van der Waals surface area contributed by atoms with Gasteiger partial charge in [-0.15, -0.1) is 0 Å². The molecule has 0 bridgehead atoms. The van der Waals surface area contributed by atoms with Crippen molar-refractivity contribution in [2.24, 2.45) is 0 Å². The second kappa shape index (κ2) is 7.26. The Kier molecular flexibility index (Phi) is 4.63. The normalized spacial score (nSPS) is 11.6. The van der Waals surface area contributed by atoms with Crippen molar-refractivity contribution < 1.29 is 17.7 Å². The van der Waals surface area contributed by atoms with Crippen molar-refractivity contribution >= 4 is 5.95 Å². The molecule has 1 aromatic carbocycles. The molecule has 3 aromatic heterocycles. The van der Waals surface area contributed by atoms with Gasteiger partial charge in [-0.1, -0.05) is 35.5 Å². The Morgan fingerprint density at radius 1 is 0.897 bits per heavy atom. The molecule has 0 unspecified atom stereocenters. The Balaban J connectivity index is 1.69. The lowest BCUT2D eigenvalue weighted by Crippen LogP contribution is -2.08. The lowest BCUT2D eigenvalue weighted by atomic mass is 10.1. The summed E-state index contributed by atoms with van der Waals surface area (Å²) in [5.74, 6) is -0.249. The monoisotopic (exact) mass is 399 g/mol. The van der Waals surface area contributed by atoms with E-state index in [0.29, 0.717) is 12.2 Å². The fraction of sp³-hybridized carbons (Fsp3) is 0.111. The fourth-order valence-corrected chi connectivity index (χ4v) is 2.61. The van der Waals surface area contributed by atoms with Gasteiger partial charge in [0.25, 0.3) is 5.89 Å². The highest BCUT2D eigenvalue weighted by Gasteiger charge is 2.36. The van der Waals surface area contributed by atoms with Crippen molar-refractivity contribution in [2.75, 3.05) is 5.73 Å². The number of anilines is 1. The van der Waals surface area contributed by atoms with Gasteiger partial charge >= 0.3 is 6.18 Å². The number of nitrogen functional groups attached to an aromatic ring is 1. The number of hydrogen-bond acceptors (Lipinski definition) is 8. The molecular formula is C18H12F3N7O. The number of nitrogens with zero attached hydrogens (tertiary/aromatic N) is 6. The number of benzene rings is 1. The average molecular weight is 399 g/mol. The maximum Gasteiger partial charge on any atom is 0.418 e. The number of hydrogen-bond donors (Lipinski definition) is 1. The lowest BCUT2D eigenvalue weighted by Gasteiger charge is -2.08. The minimum Gasteiger partial charge on any atom is -0.368 e. The predicted molar refractivity (Wildman–Crippen MR) is 95.0 cm³/mol. The SMILES string of the molecule is Nc1nc(Cc2ccccc2)nc(-c2noc(-c3ncccc3C(F)(F)F)n2)n1. The van der Waals surface area contributed by atoms with Crippen molar-refractivity contribution in [1.29, 1.82) is 0 Å². The van der Waals surface area contributed by atoms with Gasteiger partial charge in [-0.2, -0.15) is 28.1 Å². The van der Waals surface area contributed by atoms with Crippen LogP contribution in [0, 0.1) is 0 Å². The number of aromatic nitrogens is 6. The molecule has 0 saturated heterocycles. The third-order valence-electron chi connectivity index (χ3n) is 3.85. The molecule has 0 atom stereocenters. The van der Waals surface area contributed by atoms with Gasteiger partial charge in [-0.3, -0.25) is 4.98 Å². The molecular weight excluding hydrogens is 387 g/mol. The number of alkyl halides is 3. The molecule has 3 heterocycles. The molecule has 2 N–H and O–H groups in total. The molecule has 0 saturated carbocycles. The second-order valence-corrected chi connectivity index (χ2v) is 5.92. The minimum absolute atomic E-state index is 0.0112. The summed E-state index contributed by atoms with van der Waals surface area (Å²) in [7, 11) is 0. The van der Waals surface area contributed by atoms with Gasteiger partial charge in [0, 0.05) is 12.6 Å². The molecule has 0 aliphatic carbocycles. The lowest BCUT2D eigenvalue weighted by molar-refractivity contribution is -0.137. The summed E-state index contributed by atoms with van der Waals surface area (Å²) in [5.41, 5.74) is 5.21. The van der Waals surface area contributed by atoms with Gasteiger partial charge in [0.15, 0.2) is 0 Å². The van der Waals surface area contributed by atoms with E-state index >= 15 is 0 Å². The van der Waals surface area contributed by atoms with E-state index in [-0.39, 0.29) is 17.6 Å². The van der Waals surface area contributed by atoms with Crippen LogP contribution in [-0.2, 0) is 12.6 Å². The summed E-state index contributed by atoms with van der Waals surface area (Å²) in [4.78, 5) is 20.0. The number of rotatable bonds is 4. The number of nitrogens with two attached hydrogens (primary N) is 1. The van der Waals surface area contributed by atoms with Crippen LogP contribution in [0.1, 0.15) is 17.0 Å². The van der Waals surface area contributed by atoms with Crippen molar-refractivity contribution in [1.82, 2.24) is 30.1 Å². The highest BCUT2D eigenvalue weighted by molar-refractivity contribution is 5.56. The Bertz CT molecular complexity index is 1150.